The SMILES string of the molecule is CCC(=O)Nc1ccc(C(C)NS(=O)(=O)N2CCCCCC2)cc1. The van der Waals surface area contributed by atoms with Gasteiger partial charge in [0.05, 0.1) is 0 Å². The third kappa shape index (κ3) is 5.29. The molecule has 1 atom stereocenters. The van der Waals surface area contributed by atoms with Gasteiger partial charge in [-0.25, -0.2) is 0 Å². The molecule has 1 aromatic carbocycles. The molecule has 1 aliphatic heterocycles. The monoisotopic (exact) mass is 353 g/mol. The lowest BCUT2D eigenvalue weighted by Crippen LogP contribution is -2.42. The zero-order valence-electron chi connectivity index (χ0n) is 14.4. The van der Waals surface area contributed by atoms with Crippen LogP contribution in [0.1, 0.15) is 57.6 Å². The van der Waals surface area contributed by atoms with E-state index in [-0.39, 0.29) is 11.9 Å². The first-order chi connectivity index (χ1) is 11.4. The summed E-state index contributed by atoms with van der Waals surface area (Å²) in [6, 6.07) is 6.93. The van der Waals surface area contributed by atoms with Crippen molar-refractivity contribution in [2.45, 2.75) is 52.0 Å². The minimum Gasteiger partial charge on any atom is -0.326 e. The number of carbonyl (C=O) groups excluding carboxylic acids is 1. The molecule has 24 heavy (non-hydrogen) atoms. The van der Waals surface area contributed by atoms with Gasteiger partial charge >= 0.3 is 0 Å². The minimum atomic E-state index is -3.47. The summed E-state index contributed by atoms with van der Waals surface area (Å²) >= 11 is 0. The maximum Gasteiger partial charge on any atom is 0.279 e. The van der Waals surface area contributed by atoms with Gasteiger partial charge in [-0.1, -0.05) is 31.9 Å². The largest absolute Gasteiger partial charge is 0.326 e. The Kier molecular flexibility index (Phi) is 6.77. The van der Waals surface area contributed by atoms with Crippen LogP contribution in [-0.4, -0.2) is 31.7 Å². The van der Waals surface area contributed by atoms with Gasteiger partial charge in [-0.2, -0.15) is 17.4 Å². The van der Waals surface area contributed by atoms with Gasteiger partial charge in [0.25, 0.3) is 10.2 Å². The van der Waals surface area contributed by atoms with E-state index < -0.39 is 10.2 Å². The molecule has 1 saturated heterocycles. The van der Waals surface area contributed by atoms with E-state index in [9.17, 15) is 13.2 Å². The highest BCUT2D eigenvalue weighted by Crippen LogP contribution is 2.19. The number of nitrogens with one attached hydrogen (secondary N) is 2. The fourth-order valence-corrected chi connectivity index (χ4v) is 4.22. The molecule has 1 amide bonds. The molecule has 2 rings (SSSR count). The van der Waals surface area contributed by atoms with Crippen LogP contribution in [0, 0.1) is 0 Å². The van der Waals surface area contributed by atoms with Crippen LogP contribution in [0.25, 0.3) is 0 Å². The summed E-state index contributed by atoms with van der Waals surface area (Å²) in [4.78, 5) is 11.4. The summed E-state index contributed by atoms with van der Waals surface area (Å²) in [5.74, 6) is -0.0438. The second kappa shape index (κ2) is 8.60. The van der Waals surface area contributed by atoms with E-state index in [1.807, 2.05) is 19.1 Å². The first-order valence-electron chi connectivity index (χ1n) is 8.59. The highest BCUT2D eigenvalue weighted by atomic mass is 32.2. The number of nitrogens with zero attached hydrogens (tertiary/aromatic N) is 1. The molecule has 1 unspecified atom stereocenters. The summed E-state index contributed by atoms with van der Waals surface area (Å²) in [5, 5.41) is 2.78. The van der Waals surface area contributed by atoms with Gasteiger partial charge in [0.15, 0.2) is 0 Å². The summed E-state index contributed by atoms with van der Waals surface area (Å²) in [5.41, 5.74) is 1.58. The standard InChI is InChI=1S/C17H27N3O3S/c1-3-17(21)18-16-10-8-15(9-11-16)14(2)19-24(22,23)20-12-6-4-5-7-13-20/h8-11,14,19H,3-7,12-13H2,1-2H3,(H,18,21). The molecule has 2 N–H and O–H groups in total. The molecule has 1 fully saturated rings. The van der Waals surface area contributed by atoms with E-state index in [4.69, 9.17) is 0 Å². The molecule has 0 radical (unpaired) electrons. The number of carbonyl (C=O) groups is 1. The van der Waals surface area contributed by atoms with E-state index in [0.29, 0.717) is 25.2 Å². The maximum atomic E-state index is 12.5. The maximum absolute atomic E-state index is 12.5. The number of benzene rings is 1. The molecule has 1 heterocycles. The first-order valence-corrected chi connectivity index (χ1v) is 10.0. The highest BCUT2D eigenvalue weighted by molar-refractivity contribution is 7.87. The van der Waals surface area contributed by atoms with Gasteiger partial charge in [0.2, 0.25) is 5.91 Å². The summed E-state index contributed by atoms with van der Waals surface area (Å²) in [6.45, 7) is 4.80. The van der Waals surface area contributed by atoms with Crippen LogP contribution >= 0.6 is 0 Å². The Labute approximate surface area is 144 Å². The molecule has 0 aromatic heterocycles. The molecule has 0 saturated carbocycles. The molecule has 0 bridgehead atoms. The van der Waals surface area contributed by atoms with E-state index in [1.165, 1.54) is 0 Å². The number of hydrogen-bond acceptors (Lipinski definition) is 3. The van der Waals surface area contributed by atoms with Crippen LogP contribution in [0.2, 0.25) is 0 Å². The second-order valence-corrected chi connectivity index (χ2v) is 7.88. The number of anilines is 1. The Morgan fingerprint density at radius 1 is 1.12 bits per heavy atom. The zero-order chi connectivity index (χ0) is 17.6. The molecule has 0 spiro atoms. The Bertz CT molecular complexity index is 636. The van der Waals surface area contributed by atoms with Gasteiger partial charge in [0.1, 0.15) is 0 Å². The smallest absolute Gasteiger partial charge is 0.279 e. The molecule has 134 valence electrons. The van der Waals surface area contributed by atoms with Crippen LogP contribution < -0.4 is 10.0 Å². The normalized spacial score (nSPS) is 17.9. The quantitative estimate of drug-likeness (QED) is 0.825. The Hall–Kier alpha value is -1.44. The van der Waals surface area contributed by atoms with Crippen LogP contribution in [0.5, 0.6) is 0 Å². The van der Waals surface area contributed by atoms with Crippen molar-refractivity contribution in [3.63, 3.8) is 0 Å². The Morgan fingerprint density at radius 3 is 2.25 bits per heavy atom. The second-order valence-electron chi connectivity index (χ2n) is 6.18. The van der Waals surface area contributed by atoms with Gasteiger partial charge < -0.3 is 5.32 Å². The van der Waals surface area contributed by atoms with Gasteiger partial charge in [-0.05, 0) is 37.5 Å². The van der Waals surface area contributed by atoms with Crippen LogP contribution in [0.4, 0.5) is 5.69 Å². The fourth-order valence-electron chi connectivity index (χ4n) is 2.75. The van der Waals surface area contributed by atoms with Crippen LogP contribution in [-0.2, 0) is 15.0 Å². The van der Waals surface area contributed by atoms with Crippen LogP contribution in [0.3, 0.4) is 0 Å². The minimum absolute atomic E-state index is 0.0438. The third-order valence-corrected chi connectivity index (χ3v) is 5.94. The number of hydrogen-bond donors (Lipinski definition) is 2. The molecule has 1 aromatic rings. The van der Waals surface area contributed by atoms with Crippen molar-refractivity contribution < 1.29 is 13.2 Å². The Balaban J connectivity index is 2.00. The van der Waals surface area contributed by atoms with Gasteiger partial charge in [-0.3, -0.25) is 4.79 Å². The molecular formula is C17H27N3O3S. The predicted molar refractivity (Wildman–Crippen MR) is 95.9 cm³/mol. The lowest BCUT2D eigenvalue weighted by atomic mass is 10.1. The third-order valence-electron chi connectivity index (χ3n) is 4.25. The number of amides is 1. The van der Waals surface area contributed by atoms with Crippen molar-refractivity contribution in [1.82, 2.24) is 9.03 Å². The average Bonchev–Trinajstić information content (AvgIpc) is 2.85. The van der Waals surface area contributed by atoms with E-state index in [2.05, 4.69) is 10.0 Å². The van der Waals surface area contributed by atoms with Crippen LogP contribution in [0.15, 0.2) is 24.3 Å². The summed E-state index contributed by atoms with van der Waals surface area (Å²) < 4.78 is 29.4. The van der Waals surface area contributed by atoms with E-state index >= 15 is 0 Å². The van der Waals surface area contributed by atoms with Crippen molar-refractivity contribution in [3.8, 4) is 0 Å². The van der Waals surface area contributed by atoms with Crippen molar-refractivity contribution in [1.29, 1.82) is 0 Å². The zero-order valence-corrected chi connectivity index (χ0v) is 15.2. The van der Waals surface area contributed by atoms with Crippen molar-refractivity contribution in [2.24, 2.45) is 0 Å². The molecule has 0 aliphatic carbocycles. The Morgan fingerprint density at radius 2 is 1.71 bits per heavy atom. The predicted octanol–water partition coefficient (Wildman–Crippen LogP) is 2.81. The van der Waals surface area contributed by atoms with E-state index in [1.54, 1.807) is 23.4 Å². The summed E-state index contributed by atoms with van der Waals surface area (Å²) in [7, 11) is -3.47. The molecule has 1 aliphatic rings. The van der Waals surface area contributed by atoms with Crippen molar-refractivity contribution in [2.75, 3.05) is 18.4 Å². The van der Waals surface area contributed by atoms with Crippen molar-refractivity contribution in [3.05, 3.63) is 29.8 Å². The molecule has 7 heteroatoms. The topological polar surface area (TPSA) is 78.5 Å². The van der Waals surface area contributed by atoms with Gasteiger partial charge in [0, 0.05) is 31.2 Å². The summed E-state index contributed by atoms with van der Waals surface area (Å²) in [6.07, 6.45) is 4.44. The number of rotatable bonds is 6. The molecule has 6 nitrogen and oxygen atoms in total. The highest BCUT2D eigenvalue weighted by Gasteiger charge is 2.24. The van der Waals surface area contributed by atoms with E-state index in [0.717, 1.165) is 31.2 Å². The van der Waals surface area contributed by atoms with Gasteiger partial charge in [-0.15, -0.1) is 0 Å². The first kappa shape index (κ1) is 18.9. The average molecular weight is 353 g/mol. The molecular weight excluding hydrogens is 326 g/mol. The van der Waals surface area contributed by atoms with Crippen molar-refractivity contribution >= 4 is 21.8 Å². The lowest BCUT2D eigenvalue weighted by Gasteiger charge is -2.23. The lowest BCUT2D eigenvalue weighted by molar-refractivity contribution is -0.115. The fraction of sp³-hybridized carbons (Fsp3) is 0.588.